The number of hydrogen-bond acceptors (Lipinski definition) is 5. The van der Waals surface area contributed by atoms with Crippen molar-refractivity contribution in [3.8, 4) is 0 Å². The minimum Gasteiger partial charge on any atom is -0.381 e. The van der Waals surface area contributed by atoms with Gasteiger partial charge in [-0.1, -0.05) is 0 Å². The number of aromatic nitrogens is 1. The maximum Gasteiger partial charge on any atom is 0.280 e. The van der Waals surface area contributed by atoms with Crippen LogP contribution in [0.1, 0.15) is 40.1 Å². The first kappa shape index (κ1) is 15.3. The van der Waals surface area contributed by atoms with Crippen LogP contribution in [-0.4, -0.2) is 64.9 Å². The number of imide groups is 1. The maximum absolute atomic E-state index is 12.6. The van der Waals surface area contributed by atoms with Gasteiger partial charge >= 0.3 is 0 Å². The molecule has 2 saturated heterocycles. The highest BCUT2D eigenvalue weighted by molar-refractivity contribution is 6.20. The van der Waals surface area contributed by atoms with Gasteiger partial charge in [-0.2, -0.15) is 0 Å². The summed E-state index contributed by atoms with van der Waals surface area (Å²) in [6.07, 6.45) is 3.64. The van der Waals surface area contributed by atoms with Gasteiger partial charge in [0, 0.05) is 38.4 Å². The SMILES string of the molecule is O=C(C1CCOCC1)N1CCC(N2C(=O)c3cccnc3C2=O)C1. The molecule has 24 heavy (non-hydrogen) atoms. The van der Waals surface area contributed by atoms with Crippen molar-refractivity contribution in [1.29, 1.82) is 0 Å². The Morgan fingerprint density at radius 3 is 2.71 bits per heavy atom. The first-order valence-electron chi connectivity index (χ1n) is 8.36. The molecule has 3 aliphatic heterocycles. The third-order valence-electron chi connectivity index (χ3n) is 5.09. The summed E-state index contributed by atoms with van der Waals surface area (Å²) in [5.74, 6) is -0.522. The summed E-state index contributed by atoms with van der Waals surface area (Å²) < 4.78 is 5.30. The van der Waals surface area contributed by atoms with E-state index in [0.29, 0.717) is 38.3 Å². The second kappa shape index (κ2) is 5.98. The second-order valence-electron chi connectivity index (χ2n) is 6.49. The summed E-state index contributed by atoms with van der Waals surface area (Å²) in [5.41, 5.74) is 0.577. The number of fused-ring (bicyclic) bond motifs is 1. The Labute approximate surface area is 139 Å². The molecule has 1 aromatic heterocycles. The molecule has 126 valence electrons. The number of amides is 3. The quantitative estimate of drug-likeness (QED) is 0.747. The summed E-state index contributed by atoms with van der Waals surface area (Å²) in [7, 11) is 0. The molecule has 1 unspecified atom stereocenters. The van der Waals surface area contributed by atoms with E-state index in [9.17, 15) is 14.4 Å². The van der Waals surface area contributed by atoms with Gasteiger partial charge in [-0.25, -0.2) is 0 Å². The highest BCUT2D eigenvalue weighted by Gasteiger charge is 2.44. The lowest BCUT2D eigenvalue weighted by atomic mass is 9.99. The topological polar surface area (TPSA) is 79.8 Å². The first-order valence-corrected chi connectivity index (χ1v) is 8.36. The number of rotatable bonds is 2. The Kier molecular flexibility index (Phi) is 3.80. The summed E-state index contributed by atoms with van der Waals surface area (Å²) in [4.78, 5) is 44.7. The smallest absolute Gasteiger partial charge is 0.280 e. The fourth-order valence-corrected chi connectivity index (χ4v) is 3.77. The van der Waals surface area contributed by atoms with Gasteiger partial charge in [-0.3, -0.25) is 24.3 Å². The average molecular weight is 329 g/mol. The standard InChI is InChI=1S/C17H19N3O4/c21-15(11-4-8-24-9-5-11)19-7-3-12(10-19)20-16(22)13-2-1-6-18-14(13)17(20)23/h1-2,6,11-12H,3-5,7-10H2. The Morgan fingerprint density at radius 1 is 1.17 bits per heavy atom. The van der Waals surface area contributed by atoms with E-state index in [1.54, 1.807) is 17.0 Å². The summed E-state index contributed by atoms with van der Waals surface area (Å²) in [5, 5.41) is 0. The molecule has 0 spiro atoms. The molecule has 1 aromatic rings. The van der Waals surface area contributed by atoms with Crippen molar-refractivity contribution in [3.05, 3.63) is 29.6 Å². The molecule has 0 aliphatic carbocycles. The molecule has 0 bridgehead atoms. The molecule has 4 heterocycles. The monoisotopic (exact) mass is 329 g/mol. The molecule has 7 heteroatoms. The number of nitrogens with zero attached hydrogens (tertiary/aromatic N) is 3. The fraction of sp³-hybridized carbons (Fsp3) is 0.529. The fourth-order valence-electron chi connectivity index (χ4n) is 3.77. The van der Waals surface area contributed by atoms with Crippen LogP contribution in [0.4, 0.5) is 0 Å². The molecule has 7 nitrogen and oxygen atoms in total. The predicted molar refractivity (Wildman–Crippen MR) is 83.3 cm³/mol. The van der Waals surface area contributed by atoms with E-state index < -0.39 is 0 Å². The van der Waals surface area contributed by atoms with Crippen LogP contribution in [0.5, 0.6) is 0 Å². The first-order chi connectivity index (χ1) is 11.7. The maximum atomic E-state index is 12.6. The molecule has 2 fully saturated rings. The molecule has 4 rings (SSSR count). The van der Waals surface area contributed by atoms with Crippen LogP contribution in [0.2, 0.25) is 0 Å². The van der Waals surface area contributed by atoms with Gasteiger partial charge in [0.15, 0.2) is 0 Å². The van der Waals surface area contributed by atoms with Crippen molar-refractivity contribution < 1.29 is 19.1 Å². The van der Waals surface area contributed by atoms with Crippen LogP contribution >= 0.6 is 0 Å². The molecule has 0 radical (unpaired) electrons. The zero-order chi connectivity index (χ0) is 16.7. The minimum atomic E-state index is -0.346. The second-order valence-corrected chi connectivity index (χ2v) is 6.49. The van der Waals surface area contributed by atoms with Gasteiger partial charge in [-0.05, 0) is 31.4 Å². The summed E-state index contributed by atoms with van der Waals surface area (Å²) >= 11 is 0. The van der Waals surface area contributed by atoms with Crippen molar-refractivity contribution in [1.82, 2.24) is 14.8 Å². The molecular formula is C17H19N3O4. The van der Waals surface area contributed by atoms with Crippen molar-refractivity contribution in [2.75, 3.05) is 26.3 Å². The number of hydrogen-bond donors (Lipinski definition) is 0. The number of carbonyl (C=O) groups excluding carboxylic acids is 3. The lowest BCUT2D eigenvalue weighted by Gasteiger charge is -2.27. The van der Waals surface area contributed by atoms with Crippen LogP contribution < -0.4 is 0 Å². The van der Waals surface area contributed by atoms with Crippen LogP contribution in [0, 0.1) is 5.92 Å². The Morgan fingerprint density at radius 2 is 1.96 bits per heavy atom. The highest BCUT2D eigenvalue weighted by Crippen LogP contribution is 2.28. The number of carbonyl (C=O) groups is 3. The molecule has 0 aromatic carbocycles. The number of likely N-dealkylation sites (tertiary alicyclic amines) is 1. The van der Waals surface area contributed by atoms with Gasteiger partial charge in [0.2, 0.25) is 5.91 Å². The third-order valence-corrected chi connectivity index (χ3v) is 5.09. The van der Waals surface area contributed by atoms with E-state index in [1.807, 2.05) is 0 Å². The predicted octanol–water partition coefficient (Wildman–Crippen LogP) is 0.705. The van der Waals surface area contributed by atoms with E-state index in [1.165, 1.54) is 11.1 Å². The van der Waals surface area contributed by atoms with Crippen LogP contribution in [-0.2, 0) is 9.53 Å². The molecule has 0 N–H and O–H groups in total. The normalized spacial score (nSPS) is 24.6. The Balaban J connectivity index is 1.47. The van der Waals surface area contributed by atoms with E-state index in [4.69, 9.17) is 4.74 Å². The van der Waals surface area contributed by atoms with E-state index in [-0.39, 0.29) is 35.4 Å². The number of pyridine rings is 1. The van der Waals surface area contributed by atoms with Gasteiger partial charge in [0.1, 0.15) is 5.69 Å². The molecule has 3 amide bonds. The lowest BCUT2D eigenvalue weighted by Crippen LogP contribution is -2.43. The largest absolute Gasteiger partial charge is 0.381 e. The average Bonchev–Trinajstić information content (AvgIpc) is 3.19. The van der Waals surface area contributed by atoms with Crippen LogP contribution in [0.15, 0.2) is 18.3 Å². The van der Waals surface area contributed by atoms with Gasteiger partial charge in [0.25, 0.3) is 11.8 Å². The van der Waals surface area contributed by atoms with Gasteiger partial charge in [-0.15, -0.1) is 0 Å². The molecular weight excluding hydrogens is 310 g/mol. The lowest BCUT2D eigenvalue weighted by molar-refractivity contribution is -0.137. The van der Waals surface area contributed by atoms with Crippen LogP contribution in [0.3, 0.4) is 0 Å². The summed E-state index contributed by atoms with van der Waals surface area (Å²) in [6.45, 7) is 2.25. The van der Waals surface area contributed by atoms with Crippen molar-refractivity contribution in [2.45, 2.75) is 25.3 Å². The van der Waals surface area contributed by atoms with E-state index >= 15 is 0 Å². The van der Waals surface area contributed by atoms with E-state index in [2.05, 4.69) is 4.98 Å². The number of ether oxygens (including phenoxy) is 1. The Hall–Kier alpha value is -2.28. The van der Waals surface area contributed by atoms with Gasteiger partial charge < -0.3 is 9.64 Å². The zero-order valence-electron chi connectivity index (χ0n) is 13.3. The summed E-state index contributed by atoms with van der Waals surface area (Å²) in [6, 6.07) is 3.02. The Bertz CT molecular complexity index is 664. The minimum absolute atomic E-state index is 0.00125. The van der Waals surface area contributed by atoms with Gasteiger partial charge in [0.05, 0.1) is 11.6 Å². The third kappa shape index (κ3) is 2.39. The van der Waals surface area contributed by atoms with Crippen LogP contribution in [0.25, 0.3) is 0 Å². The van der Waals surface area contributed by atoms with E-state index in [0.717, 1.165) is 12.8 Å². The molecule has 1 atom stereocenters. The molecule has 0 saturated carbocycles. The van der Waals surface area contributed by atoms with Crippen molar-refractivity contribution in [3.63, 3.8) is 0 Å². The van der Waals surface area contributed by atoms with Crippen molar-refractivity contribution >= 4 is 17.7 Å². The van der Waals surface area contributed by atoms with Crippen molar-refractivity contribution in [2.24, 2.45) is 5.92 Å². The zero-order valence-corrected chi connectivity index (χ0v) is 13.3. The highest BCUT2D eigenvalue weighted by atomic mass is 16.5. The molecule has 3 aliphatic rings.